The molecule has 31 heavy (non-hydrogen) atoms. The summed E-state index contributed by atoms with van der Waals surface area (Å²) >= 11 is 5.94. The van der Waals surface area contributed by atoms with Crippen LogP contribution >= 0.6 is 11.6 Å². The van der Waals surface area contributed by atoms with E-state index in [0.717, 1.165) is 16.8 Å². The Labute approximate surface area is 179 Å². The molecule has 162 valence electrons. The number of carbonyl (C=O) groups is 1. The summed E-state index contributed by atoms with van der Waals surface area (Å²) in [5.41, 5.74) is -1.33. The van der Waals surface area contributed by atoms with Gasteiger partial charge in [0.1, 0.15) is 23.2 Å². The number of pyridine rings is 2. The van der Waals surface area contributed by atoms with Gasteiger partial charge in [0.15, 0.2) is 5.82 Å². The van der Waals surface area contributed by atoms with Gasteiger partial charge >= 0.3 is 5.92 Å². The van der Waals surface area contributed by atoms with Gasteiger partial charge in [0.25, 0.3) is 5.56 Å². The molecule has 0 saturated carbocycles. The van der Waals surface area contributed by atoms with Gasteiger partial charge in [-0.2, -0.15) is 8.78 Å². The Hall–Kier alpha value is -3.47. The molecule has 12 heteroatoms. The minimum atomic E-state index is -3.37. The monoisotopic (exact) mass is 452 g/mol. The first-order chi connectivity index (χ1) is 14.8. The molecule has 3 rings (SSSR count). The van der Waals surface area contributed by atoms with Crippen LogP contribution in [0.15, 0.2) is 53.7 Å². The van der Waals surface area contributed by atoms with E-state index in [1.165, 1.54) is 36.7 Å². The lowest BCUT2D eigenvalue weighted by Crippen LogP contribution is -2.35. The fourth-order valence-corrected chi connectivity index (χ4v) is 2.72. The maximum Gasteiger partial charge on any atom is 0.306 e. The highest BCUT2D eigenvalue weighted by atomic mass is 35.5. The molecule has 3 aromatic heterocycles. The Bertz CT molecular complexity index is 1130. The Morgan fingerprint density at radius 3 is 2.61 bits per heavy atom. The second kappa shape index (κ2) is 9.56. The summed E-state index contributed by atoms with van der Waals surface area (Å²) in [6.45, 7) is -1.68. The number of carbonyl (C=O) groups excluding carboxylic acids is 1. The van der Waals surface area contributed by atoms with E-state index in [-0.39, 0.29) is 17.4 Å². The average Bonchev–Trinajstić information content (AvgIpc) is 2.76. The fourth-order valence-electron chi connectivity index (χ4n) is 2.53. The lowest BCUT2D eigenvalue weighted by molar-refractivity contribution is -0.121. The van der Waals surface area contributed by atoms with Gasteiger partial charge in [-0.05, 0) is 24.3 Å². The van der Waals surface area contributed by atoms with E-state index >= 15 is 0 Å². The minimum Gasteiger partial charge on any atom is -0.359 e. The summed E-state index contributed by atoms with van der Waals surface area (Å²) in [7, 11) is 0. The number of alkyl halides is 2. The first-order valence-corrected chi connectivity index (χ1v) is 9.30. The predicted octanol–water partition coefficient (Wildman–Crippen LogP) is 2.35. The van der Waals surface area contributed by atoms with Crippen LogP contribution < -0.4 is 16.2 Å². The Balaban J connectivity index is 1.68. The van der Waals surface area contributed by atoms with Crippen molar-refractivity contribution in [1.82, 2.24) is 24.8 Å². The van der Waals surface area contributed by atoms with Crippen LogP contribution in [-0.4, -0.2) is 32.0 Å². The van der Waals surface area contributed by atoms with Crippen molar-refractivity contribution in [3.05, 3.63) is 81.6 Å². The molecule has 0 unspecified atom stereocenters. The van der Waals surface area contributed by atoms with Gasteiger partial charge in [0.05, 0.1) is 25.0 Å². The highest BCUT2D eigenvalue weighted by Gasteiger charge is 2.33. The number of hydrogen-bond acceptors (Lipinski definition) is 6. The molecule has 0 aromatic carbocycles. The topological polar surface area (TPSA) is 102 Å². The van der Waals surface area contributed by atoms with Crippen molar-refractivity contribution in [3.63, 3.8) is 0 Å². The standard InChI is InChI=1S/C19H16ClF3N6O2/c20-15-9-27-17(28-11-19(22,23)14-5-1-2-6-25-14)18(31)29(15)10-16(30)26-8-13-12(21)4-3-7-24-13/h1-7,9H,8,10-11H2,(H,26,30)(H,27,28)/i9+0,15+0. The maximum atomic E-state index is 14.3. The summed E-state index contributed by atoms with van der Waals surface area (Å²) in [6, 6.07) is 6.67. The van der Waals surface area contributed by atoms with Crippen molar-refractivity contribution in [1.29, 1.82) is 0 Å². The fraction of sp³-hybridized carbons (Fsp3) is 0.211. The van der Waals surface area contributed by atoms with Crippen molar-refractivity contribution < 1.29 is 18.0 Å². The van der Waals surface area contributed by atoms with Gasteiger partial charge in [-0.25, -0.2) is 9.37 Å². The number of halogens is 4. The summed E-state index contributed by atoms with van der Waals surface area (Å²) in [6.07, 6.45) is 3.65. The molecule has 1 amide bonds. The molecule has 2 N–H and O–H groups in total. The van der Waals surface area contributed by atoms with Gasteiger partial charge in [-0.3, -0.25) is 24.1 Å². The van der Waals surface area contributed by atoms with Crippen molar-refractivity contribution in [2.75, 3.05) is 11.9 Å². The van der Waals surface area contributed by atoms with Crippen LogP contribution in [0.1, 0.15) is 11.4 Å². The van der Waals surface area contributed by atoms with Crippen LogP contribution in [0.2, 0.25) is 5.15 Å². The van der Waals surface area contributed by atoms with Crippen molar-refractivity contribution in [2.45, 2.75) is 19.0 Å². The Kier molecular flexibility index (Phi) is 6.85. The first-order valence-electron chi connectivity index (χ1n) is 8.92. The summed E-state index contributed by atoms with van der Waals surface area (Å²) in [5, 5.41) is 4.51. The SMILES string of the molecule is O=C(Cn1c(=O)c(NCC(F)(F)c2ccccn2)n[12cH][12c]1Cl)NCc1ncccc1F. The minimum absolute atomic E-state index is 0.0168. The van der Waals surface area contributed by atoms with Crippen LogP contribution in [0, 0.1) is 5.82 Å². The highest BCUT2D eigenvalue weighted by Crippen LogP contribution is 2.25. The van der Waals surface area contributed by atoms with E-state index in [0.29, 0.717) is 0 Å². The number of anilines is 1. The van der Waals surface area contributed by atoms with Gasteiger partial charge in [-0.15, -0.1) is 0 Å². The van der Waals surface area contributed by atoms with E-state index in [9.17, 15) is 22.8 Å². The number of nitrogens with one attached hydrogen (secondary N) is 2. The van der Waals surface area contributed by atoms with Gasteiger partial charge in [-0.1, -0.05) is 17.7 Å². The molecule has 0 radical (unpaired) electrons. The smallest absolute Gasteiger partial charge is 0.306 e. The number of hydrogen-bond donors (Lipinski definition) is 2. The van der Waals surface area contributed by atoms with Crippen LogP contribution in [-0.2, 0) is 23.8 Å². The van der Waals surface area contributed by atoms with Crippen LogP contribution in [0.3, 0.4) is 0 Å². The number of amides is 1. The largest absolute Gasteiger partial charge is 0.359 e. The zero-order valence-electron chi connectivity index (χ0n) is 15.9. The van der Waals surface area contributed by atoms with E-state index in [1.807, 2.05) is 0 Å². The van der Waals surface area contributed by atoms with Crippen LogP contribution in [0.4, 0.5) is 19.0 Å². The molecule has 0 aliphatic heterocycles. The number of rotatable bonds is 8. The second-order valence-electron chi connectivity index (χ2n) is 6.30. The second-order valence-corrected chi connectivity index (χ2v) is 6.69. The molecular formula is C19H16ClF3N6O2. The number of nitrogens with zero attached hydrogens (tertiary/aromatic N) is 4. The van der Waals surface area contributed by atoms with Gasteiger partial charge < -0.3 is 10.6 Å². The molecule has 3 aromatic rings. The molecule has 0 atom stereocenters. The Morgan fingerprint density at radius 1 is 1.13 bits per heavy atom. The first kappa shape index (κ1) is 22.2. The van der Waals surface area contributed by atoms with Crippen LogP contribution in [0.25, 0.3) is 0 Å². The predicted molar refractivity (Wildman–Crippen MR) is 106 cm³/mol. The van der Waals surface area contributed by atoms with Gasteiger partial charge in [0.2, 0.25) is 5.91 Å². The molecule has 8 nitrogen and oxygen atoms in total. The van der Waals surface area contributed by atoms with E-state index < -0.39 is 47.8 Å². The lowest BCUT2D eigenvalue weighted by atomic mass is 10.2. The normalized spacial score (nSPS) is 11.2. The molecule has 0 spiro atoms. The molecule has 0 aliphatic rings. The zero-order valence-corrected chi connectivity index (χ0v) is 16.6. The van der Waals surface area contributed by atoms with Crippen molar-refractivity contribution in [2.24, 2.45) is 0 Å². The summed E-state index contributed by atoms with van der Waals surface area (Å²) in [4.78, 5) is 35.8. The number of aromatic nitrogens is 4. The third-order valence-corrected chi connectivity index (χ3v) is 4.41. The quantitative estimate of drug-likeness (QED) is 0.544. The molecule has 0 aliphatic carbocycles. The molecule has 0 saturated heterocycles. The third-order valence-electron chi connectivity index (χ3n) is 4.11. The molecule has 0 bridgehead atoms. The van der Waals surface area contributed by atoms with Crippen LogP contribution in [0.5, 0.6) is 0 Å². The third kappa shape index (κ3) is 5.57. The van der Waals surface area contributed by atoms with Crippen molar-refractivity contribution >= 4 is 23.3 Å². The Morgan fingerprint density at radius 2 is 1.90 bits per heavy atom. The molecular weight excluding hydrogens is 437 g/mol. The summed E-state index contributed by atoms with van der Waals surface area (Å²) in [5.74, 6) is -5.04. The molecule has 0 fully saturated rings. The average molecular weight is 453 g/mol. The maximum absolute atomic E-state index is 14.3. The van der Waals surface area contributed by atoms with Crippen molar-refractivity contribution in [3.8, 4) is 0 Å². The van der Waals surface area contributed by atoms with E-state index in [4.69, 9.17) is 11.6 Å². The lowest BCUT2D eigenvalue weighted by Gasteiger charge is -2.17. The van der Waals surface area contributed by atoms with E-state index in [1.54, 1.807) is 0 Å². The molecule has 3 heterocycles. The van der Waals surface area contributed by atoms with E-state index in [2.05, 4.69) is 25.6 Å². The van der Waals surface area contributed by atoms with Gasteiger partial charge in [0, 0.05) is 12.4 Å². The summed E-state index contributed by atoms with van der Waals surface area (Å²) < 4.78 is 43.0. The zero-order chi connectivity index (χ0) is 22.4. The highest BCUT2D eigenvalue weighted by molar-refractivity contribution is 6.29.